The minimum Gasteiger partial charge on any atom is -0.497 e. The van der Waals surface area contributed by atoms with E-state index in [2.05, 4.69) is 20.6 Å². The van der Waals surface area contributed by atoms with E-state index in [1.165, 1.54) is 0 Å². The second-order valence-electron chi connectivity index (χ2n) is 7.77. The molecule has 2 saturated heterocycles. The standard InChI is InChI=1S/C23H24N4O4S/c1-29-15-6-4-14(5-7-15)17-8-9-24-23(26-17)27-19-13-31-21-18(12-30-22(19)21)25-20(28)11-16-3-2-10-32-16/h2-10,18-19,21-22H,11-13H2,1H3,(H,25,28)(H,24,26,27). The van der Waals surface area contributed by atoms with Gasteiger partial charge < -0.3 is 24.8 Å². The predicted molar refractivity (Wildman–Crippen MR) is 121 cm³/mol. The van der Waals surface area contributed by atoms with Crippen molar-refractivity contribution in [3.8, 4) is 17.0 Å². The minimum atomic E-state index is -0.190. The lowest BCUT2D eigenvalue weighted by molar-refractivity contribution is -0.121. The van der Waals surface area contributed by atoms with E-state index in [1.54, 1.807) is 24.6 Å². The first-order valence-electron chi connectivity index (χ1n) is 10.5. The molecule has 9 heteroatoms. The van der Waals surface area contributed by atoms with Crippen molar-refractivity contribution in [1.82, 2.24) is 15.3 Å². The van der Waals surface area contributed by atoms with E-state index in [0.717, 1.165) is 21.9 Å². The predicted octanol–water partition coefficient (Wildman–Crippen LogP) is 2.52. The molecule has 4 heterocycles. The van der Waals surface area contributed by atoms with Gasteiger partial charge in [-0.2, -0.15) is 0 Å². The second-order valence-corrected chi connectivity index (χ2v) is 8.80. The van der Waals surface area contributed by atoms with Gasteiger partial charge in [-0.1, -0.05) is 6.07 Å². The lowest BCUT2D eigenvalue weighted by atomic mass is 10.1. The van der Waals surface area contributed by atoms with Crippen LogP contribution in [-0.4, -0.2) is 60.5 Å². The summed E-state index contributed by atoms with van der Waals surface area (Å²) >= 11 is 1.58. The number of nitrogens with one attached hydrogen (secondary N) is 2. The third-order valence-electron chi connectivity index (χ3n) is 5.67. The number of carbonyl (C=O) groups excluding carboxylic acids is 1. The SMILES string of the molecule is COc1ccc(-c2ccnc(NC3COC4C(NC(=O)Cc5cccs5)COC34)n2)cc1. The second kappa shape index (κ2) is 9.23. The third-order valence-corrected chi connectivity index (χ3v) is 6.55. The summed E-state index contributed by atoms with van der Waals surface area (Å²) in [6.45, 7) is 0.888. The number of carbonyl (C=O) groups is 1. The fourth-order valence-corrected chi connectivity index (χ4v) is 4.80. The van der Waals surface area contributed by atoms with Crippen molar-refractivity contribution < 1.29 is 19.0 Å². The van der Waals surface area contributed by atoms with Crippen molar-refractivity contribution in [3.05, 3.63) is 58.9 Å². The number of amides is 1. The smallest absolute Gasteiger partial charge is 0.225 e. The molecule has 2 aliphatic heterocycles. The Hall–Kier alpha value is -3.01. The number of benzene rings is 1. The quantitative estimate of drug-likeness (QED) is 0.569. The number of anilines is 1. The van der Waals surface area contributed by atoms with Crippen molar-refractivity contribution in [2.24, 2.45) is 0 Å². The molecule has 0 spiro atoms. The van der Waals surface area contributed by atoms with Gasteiger partial charge in [-0.3, -0.25) is 4.79 Å². The van der Waals surface area contributed by atoms with Crippen LogP contribution in [0, 0.1) is 0 Å². The minimum absolute atomic E-state index is 0.0164. The first kappa shape index (κ1) is 20.9. The molecule has 166 valence electrons. The Kier molecular flexibility index (Phi) is 6.02. The van der Waals surface area contributed by atoms with E-state index < -0.39 is 0 Å². The van der Waals surface area contributed by atoms with E-state index in [9.17, 15) is 4.79 Å². The summed E-state index contributed by atoms with van der Waals surface area (Å²) < 4.78 is 17.2. The highest BCUT2D eigenvalue weighted by Crippen LogP contribution is 2.29. The van der Waals surface area contributed by atoms with Gasteiger partial charge in [-0.05, 0) is 41.8 Å². The summed E-state index contributed by atoms with van der Waals surface area (Å²) in [5.41, 5.74) is 1.79. The molecule has 0 saturated carbocycles. The van der Waals surface area contributed by atoms with E-state index in [0.29, 0.717) is 25.6 Å². The normalized spacial score (nSPS) is 24.2. The molecule has 3 aromatic rings. The Balaban J connectivity index is 1.20. The molecule has 1 amide bonds. The lowest BCUT2D eigenvalue weighted by Gasteiger charge is -2.18. The topological polar surface area (TPSA) is 94.6 Å². The van der Waals surface area contributed by atoms with Crippen molar-refractivity contribution in [2.45, 2.75) is 30.7 Å². The van der Waals surface area contributed by atoms with Crippen molar-refractivity contribution >= 4 is 23.2 Å². The number of hydrogen-bond donors (Lipinski definition) is 2. The zero-order valence-electron chi connectivity index (χ0n) is 17.6. The van der Waals surface area contributed by atoms with E-state index in [1.807, 2.05) is 47.8 Å². The molecule has 8 nitrogen and oxygen atoms in total. The number of thiophene rings is 1. The summed E-state index contributed by atoms with van der Waals surface area (Å²) in [5, 5.41) is 8.38. The maximum absolute atomic E-state index is 12.4. The molecule has 4 unspecified atom stereocenters. The van der Waals surface area contributed by atoms with Crippen LogP contribution in [0.3, 0.4) is 0 Å². The number of ether oxygens (including phenoxy) is 3. The van der Waals surface area contributed by atoms with Crippen molar-refractivity contribution in [2.75, 3.05) is 25.6 Å². The number of rotatable bonds is 7. The van der Waals surface area contributed by atoms with Gasteiger partial charge in [0.2, 0.25) is 11.9 Å². The molecule has 0 aliphatic carbocycles. The average Bonchev–Trinajstić information content (AvgIpc) is 3.55. The summed E-state index contributed by atoms with van der Waals surface area (Å²) in [6.07, 6.45) is 1.74. The van der Waals surface area contributed by atoms with Crippen LogP contribution in [0.5, 0.6) is 5.75 Å². The Bertz CT molecular complexity index is 1060. The van der Waals surface area contributed by atoms with Crippen LogP contribution in [0.15, 0.2) is 54.0 Å². The molecule has 2 fully saturated rings. The number of hydrogen-bond acceptors (Lipinski definition) is 8. The van der Waals surface area contributed by atoms with Crippen LogP contribution >= 0.6 is 11.3 Å². The molecular formula is C23H24N4O4S. The van der Waals surface area contributed by atoms with Gasteiger partial charge in [-0.15, -0.1) is 11.3 Å². The van der Waals surface area contributed by atoms with Crippen LogP contribution in [0.25, 0.3) is 11.3 Å². The van der Waals surface area contributed by atoms with Gasteiger partial charge in [0.25, 0.3) is 0 Å². The molecule has 2 aromatic heterocycles. The first-order chi connectivity index (χ1) is 15.7. The molecule has 5 rings (SSSR count). The number of aromatic nitrogens is 2. The molecule has 32 heavy (non-hydrogen) atoms. The third kappa shape index (κ3) is 4.45. The van der Waals surface area contributed by atoms with Crippen LogP contribution in [0.1, 0.15) is 4.88 Å². The summed E-state index contributed by atoms with van der Waals surface area (Å²) in [4.78, 5) is 22.4. The highest BCUT2D eigenvalue weighted by atomic mass is 32.1. The van der Waals surface area contributed by atoms with E-state index >= 15 is 0 Å². The Labute approximate surface area is 189 Å². The molecule has 0 bridgehead atoms. The lowest BCUT2D eigenvalue weighted by Crippen LogP contribution is -2.45. The monoisotopic (exact) mass is 452 g/mol. The van der Waals surface area contributed by atoms with Crippen LogP contribution in [0.4, 0.5) is 5.95 Å². The first-order valence-corrected chi connectivity index (χ1v) is 11.4. The highest BCUT2D eigenvalue weighted by Gasteiger charge is 2.48. The molecule has 4 atom stereocenters. The summed E-state index contributed by atoms with van der Waals surface area (Å²) in [7, 11) is 1.64. The maximum atomic E-state index is 12.4. The van der Waals surface area contributed by atoms with Crippen molar-refractivity contribution in [3.63, 3.8) is 0 Å². The Morgan fingerprint density at radius 3 is 2.66 bits per heavy atom. The van der Waals surface area contributed by atoms with E-state index in [4.69, 9.17) is 14.2 Å². The zero-order valence-corrected chi connectivity index (χ0v) is 18.4. The number of methoxy groups -OCH3 is 1. The zero-order chi connectivity index (χ0) is 21.9. The van der Waals surface area contributed by atoms with E-state index in [-0.39, 0.29) is 30.2 Å². The van der Waals surface area contributed by atoms with Crippen molar-refractivity contribution in [1.29, 1.82) is 0 Å². The maximum Gasteiger partial charge on any atom is 0.225 e. The fraction of sp³-hybridized carbons (Fsp3) is 0.348. The fourth-order valence-electron chi connectivity index (χ4n) is 4.09. The number of fused-ring (bicyclic) bond motifs is 1. The largest absolute Gasteiger partial charge is 0.497 e. The van der Waals surface area contributed by atoms with Gasteiger partial charge >= 0.3 is 0 Å². The Morgan fingerprint density at radius 2 is 1.91 bits per heavy atom. The van der Waals surface area contributed by atoms with Crippen LogP contribution in [-0.2, 0) is 20.7 Å². The molecule has 1 aromatic carbocycles. The van der Waals surface area contributed by atoms with Gasteiger partial charge in [-0.25, -0.2) is 9.97 Å². The van der Waals surface area contributed by atoms with Gasteiger partial charge in [0.1, 0.15) is 18.0 Å². The number of nitrogens with zero attached hydrogens (tertiary/aromatic N) is 2. The Morgan fingerprint density at radius 1 is 1.12 bits per heavy atom. The van der Waals surface area contributed by atoms with Gasteiger partial charge in [0.05, 0.1) is 44.5 Å². The highest BCUT2D eigenvalue weighted by molar-refractivity contribution is 7.10. The average molecular weight is 453 g/mol. The van der Waals surface area contributed by atoms with Gasteiger partial charge in [0, 0.05) is 16.6 Å². The van der Waals surface area contributed by atoms with Gasteiger partial charge in [0.15, 0.2) is 0 Å². The summed E-state index contributed by atoms with van der Waals surface area (Å²) in [6, 6.07) is 13.3. The molecule has 2 N–H and O–H groups in total. The van der Waals surface area contributed by atoms with Crippen LogP contribution < -0.4 is 15.4 Å². The molecular weight excluding hydrogens is 428 g/mol. The summed E-state index contributed by atoms with van der Waals surface area (Å²) in [5.74, 6) is 1.30. The molecule has 2 aliphatic rings. The molecule has 0 radical (unpaired) electrons. The van der Waals surface area contributed by atoms with Crippen LogP contribution in [0.2, 0.25) is 0 Å².